The molecular weight excluding hydrogens is 166 g/mol. The summed E-state index contributed by atoms with van der Waals surface area (Å²) in [5, 5.41) is 18.6. The van der Waals surface area contributed by atoms with E-state index in [0.29, 0.717) is 5.69 Å². The van der Waals surface area contributed by atoms with Crippen molar-refractivity contribution in [3.8, 4) is 6.07 Å². The van der Waals surface area contributed by atoms with Gasteiger partial charge in [0.2, 0.25) is 0 Å². The van der Waals surface area contributed by atoms with Gasteiger partial charge in [0.1, 0.15) is 6.10 Å². The van der Waals surface area contributed by atoms with Gasteiger partial charge in [-0.15, -0.1) is 0 Å². The molecule has 0 amide bonds. The van der Waals surface area contributed by atoms with Crippen molar-refractivity contribution in [1.29, 1.82) is 5.26 Å². The number of nitriles is 1. The maximum atomic E-state index is 9.83. The van der Waals surface area contributed by atoms with Gasteiger partial charge >= 0.3 is 0 Å². The molecule has 0 aliphatic heterocycles. The van der Waals surface area contributed by atoms with Gasteiger partial charge in [0, 0.05) is 7.05 Å². The largest absolute Gasteiger partial charge is 0.385 e. The van der Waals surface area contributed by atoms with Gasteiger partial charge in [-0.05, 0) is 13.8 Å². The second-order valence-corrected chi connectivity index (χ2v) is 3.67. The van der Waals surface area contributed by atoms with Crippen LogP contribution in [0, 0.1) is 16.7 Å². The number of aliphatic hydroxyl groups is 1. The van der Waals surface area contributed by atoms with Gasteiger partial charge in [0.05, 0.1) is 29.7 Å². The van der Waals surface area contributed by atoms with Gasteiger partial charge in [-0.25, -0.2) is 4.98 Å². The zero-order valence-corrected chi connectivity index (χ0v) is 8.02. The molecule has 1 N–H and O–H groups in total. The summed E-state index contributed by atoms with van der Waals surface area (Å²) in [7, 11) is 1.79. The first kappa shape index (κ1) is 9.75. The lowest BCUT2D eigenvalue weighted by atomic mass is 9.87. The summed E-state index contributed by atoms with van der Waals surface area (Å²) in [5.41, 5.74) is -0.125. The topological polar surface area (TPSA) is 61.8 Å². The molecule has 0 spiro atoms. The van der Waals surface area contributed by atoms with Gasteiger partial charge in [0.15, 0.2) is 0 Å². The summed E-state index contributed by atoms with van der Waals surface area (Å²) in [6.07, 6.45) is 2.38. The van der Waals surface area contributed by atoms with Crippen molar-refractivity contribution >= 4 is 0 Å². The molecule has 0 aliphatic carbocycles. The maximum absolute atomic E-state index is 9.83. The molecule has 0 aromatic carbocycles. The lowest BCUT2D eigenvalue weighted by Gasteiger charge is -2.22. The summed E-state index contributed by atoms with van der Waals surface area (Å²) in [4.78, 5) is 3.88. The maximum Gasteiger partial charge on any atom is 0.114 e. The Balaban J connectivity index is 3.00. The molecule has 1 unspecified atom stereocenters. The fourth-order valence-corrected chi connectivity index (χ4v) is 1.06. The number of imidazole rings is 1. The van der Waals surface area contributed by atoms with E-state index >= 15 is 0 Å². The van der Waals surface area contributed by atoms with E-state index in [1.54, 1.807) is 38.0 Å². The Kier molecular flexibility index (Phi) is 2.39. The number of nitrogens with zero attached hydrogens (tertiary/aromatic N) is 3. The van der Waals surface area contributed by atoms with E-state index in [4.69, 9.17) is 5.26 Å². The minimum atomic E-state index is -0.801. The van der Waals surface area contributed by atoms with E-state index in [1.807, 2.05) is 0 Å². The van der Waals surface area contributed by atoms with Gasteiger partial charge in [-0.2, -0.15) is 5.26 Å². The summed E-state index contributed by atoms with van der Waals surface area (Å²) < 4.78 is 1.71. The minimum Gasteiger partial charge on any atom is -0.385 e. The molecule has 0 saturated carbocycles. The molecule has 1 rings (SSSR count). The Morgan fingerprint density at radius 1 is 1.69 bits per heavy atom. The molecule has 1 aromatic heterocycles. The summed E-state index contributed by atoms with van der Waals surface area (Å²) >= 11 is 0. The van der Waals surface area contributed by atoms with Crippen LogP contribution < -0.4 is 0 Å². The molecule has 0 saturated heterocycles. The molecule has 70 valence electrons. The van der Waals surface area contributed by atoms with Crippen LogP contribution in [-0.2, 0) is 7.05 Å². The van der Waals surface area contributed by atoms with E-state index in [9.17, 15) is 5.11 Å². The van der Waals surface area contributed by atoms with Crippen LogP contribution in [0.3, 0.4) is 0 Å². The van der Waals surface area contributed by atoms with Gasteiger partial charge < -0.3 is 9.67 Å². The van der Waals surface area contributed by atoms with Gasteiger partial charge in [-0.3, -0.25) is 0 Å². The van der Waals surface area contributed by atoms with E-state index in [1.165, 1.54) is 0 Å². The number of hydrogen-bond donors (Lipinski definition) is 1. The van der Waals surface area contributed by atoms with Crippen molar-refractivity contribution in [1.82, 2.24) is 9.55 Å². The van der Waals surface area contributed by atoms with Crippen molar-refractivity contribution in [3.05, 3.63) is 18.2 Å². The highest BCUT2D eigenvalue weighted by atomic mass is 16.3. The normalized spacial score (nSPS) is 13.8. The van der Waals surface area contributed by atoms with Crippen LogP contribution in [0.25, 0.3) is 0 Å². The van der Waals surface area contributed by atoms with Gasteiger partial charge in [0.25, 0.3) is 0 Å². The molecule has 1 heterocycles. The van der Waals surface area contributed by atoms with Crippen LogP contribution in [0.5, 0.6) is 0 Å². The van der Waals surface area contributed by atoms with Crippen LogP contribution in [0.4, 0.5) is 0 Å². The fraction of sp³-hybridized carbons (Fsp3) is 0.556. The van der Waals surface area contributed by atoms with Crippen LogP contribution in [-0.4, -0.2) is 14.7 Å². The number of aryl methyl sites for hydroxylation is 1. The zero-order valence-electron chi connectivity index (χ0n) is 8.02. The minimum absolute atomic E-state index is 0.659. The SMILES string of the molecule is Cn1cncc1C(O)C(C)(C)C#N. The first-order valence-electron chi connectivity index (χ1n) is 4.04. The molecule has 13 heavy (non-hydrogen) atoms. The second-order valence-electron chi connectivity index (χ2n) is 3.67. The predicted octanol–water partition coefficient (Wildman–Crippen LogP) is 1.00. The third kappa shape index (κ3) is 1.70. The number of rotatable bonds is 2. The van der Waals surface area contributed by atoms with Crippen molar-refractivity contribution in [2.24, 2.45) is 12.5 Å². The molecule has 4 heteroatoms. The summed E-state index contributed by atoms with van der Waals surface area (Å²) in [6.45, 7) is 3.40. The fourth-order valence-electron chi connectivity index (χ4n) is 1.06. The third-order valence-corrected chi connectivity index (χ3v) is 2.11. The lowest BCUT2D eigenvalue weighted by molar-refractivity contribution is 0.0800. The van der Waals surface area contributed by atoms with Gasteiger partial charge in [-0.1, -0.05) is 0 Å². The van der Waals surface area contributed by atoms with Crippen LogP contribution >= 0.6 is 0 Å². The van der Waals surface area contributed by atoms with Crippen LogP contribution in [0.2, 0.25) is 0 Å². The quantitative estimate of drug-likeness (QED) is 0.736. The highest BCUT2D eigenvalue weighted by Crippen LogP contribution is 2.31. The Morgan fingerprint density at radius 2 is 2.31 bits per heavy atom. The number of aliphatic hydroxyl groups excluding tert-OH is 1. The summed E-state index contributed by atoms with van der Waals surface area (Å²) in [6, 6.07) is 2.07. The smallest absolute Gasteiger partial charge is 0.114 e. The third-order valence-electron chi connectivity index (χ3n) is 2.11. The van der Waals surface area contributed by atoms with Crippen molar-refractivity contribution in [3.63, 3.8) is 0 Å². The Morgan fingerprint density at radius 3 is 2.69 bits per heavy atom. The molecule has 1 atom stereocenters. The first-order valence-corrected chi connectivity index (χ1v) is 4.04. The zero-order chi connectivity index (χ0) is 10.1. The van der Waals surface area contributed by atoms with Crippen molar-refractivity contribution in [2.45, 2.75) is 20.0 Å². The van der Waals surface area contributed by atoms with E-state index in [0.717, 1.165) is 0 Å². The molecule has 4 nitrogen and oxygen atoms in total. The molecular formula is C9H13N3O. The highest BCUT2D eigenvalue weighted by Gasteiger charge is 2.30. The molecule has 0 bridgehead atoms. The molecule has 0 radical (unpaired) electrons. The monoisotopic (exact) mass is 179 g/mol. The lowest BCUT2D eigenvalue weighted by Crippen LogP contribution is -2.21. The molecule has 0 fully saturated rings. The van der Waals surface area contributed by atoms with Crippen LogP contribution in [0.1, 0.15) is 25.6 Å². The highest BCUT2D eigenvalue weighted by molar-refractivity contribution is 5.11. The second kappa shape index (κ2) is 3.19. The van der Waals surface area contributed by atoms with Crippen molar-refractivity contribution in [2.75, 3.05) is 0 Å². The number of aromatic nitrogens is 2. The van der Waals surface area contributed by atoms with E-state index in [-0.39, 0.29) is 0 Å². The van der Waals surface area contributed by atoms with E-state index in [2.05, 4.69) is 11.1 Å². The summed E-state index contributed by atoms with van der Waals surface area (Å²) in [5.74, 6) is 0. The molecule has 0 aliphatic rings. The molecule has 1 aromatic rings. The standard InChI is InChI=1S/C9H13N3O/c1-9(2,5-10)8(13)7-4-11-6-12(7)3/h4,6,8,13H,1-3H3. The Labute approximate surface area is 77.4 Å². The van der Waals surface area contributed by atoms with Crippen LogP contribution in [0.15, 0.2) is 12.5 Å². The van der Waals surface area contributed by atoms with Crippen molar-refractivity contribution < 1.29 is 5.11 Å². The Hall–Kier alpha value is -1.34. The van der Waals surface area contributed by atoms with E-state index < -0.39 is 11.5 Å². The average molecular weight is 179 g/mol. The Bertz CT molecular complexity index is 335. The predicted molar refractivity (Wildman–Crippen MR) is 47.6 cm³/mol. The average Bonchev–Trinajstić information content (AvgIpc) is 2.50. The number of hydrogen-bond acceptors (Lipinski definition) is 3. The first-order chi connectivity index (χ1) is 5.99.